The van der Waals surface area contributed by atoms with Crippen LogP contribution in [0, 0.1) is 0 Å². The topological polar surface area (TPSA) is 0 Å². The van der Waals surface area contributed by atoms with Crippen molar-refractivity contribution >= 4 is 5.57 Å². The molecule has 21 heavy (non-hydrogen) atoms. The first-order chi connectivity index (χ1) is 9.43. The fraction of sp³-hybridized carbons (Fsp3) is 0.333. The zero-order valence-electron chi connectivity index (χ0n) is 11.9. The van der Waals surface area contributed by atoms with Crippen molar-refractivity contribution in [2.45, 2.75) is 35.8 Å². The average molecular weight is 484 g/mol. The van der Waals surface area contributed by atoms with Gasteiger partial charge in [0.2, 0.25) is 0 Å². The number of fused-ring (bicyclic) bond motifs is 2. The maximum Gasteiger partial charge on any atom is -1.00 e. The Balaban J connectivity index is 0.000000807. The van der Waals surface area contributed by atoms with Gasteiger partial charge in [0.15, 0.2) is 0 Å². The first-order valence-electron chi connectivity index (χ1n) is 7.37. The largest absolute Gasteiger partial charge is 1.00 e. The van der Waals surface area contributed by atoms with E-state index in [9.17, 15) is 0 Å². The minimum atomic E-state index is -0.733. The zero-order valence-corrected chi connectivity index (χ0v) is 17.0. The Morgan fingerprint density at radius 2 is 1.81 bits per heavy atom. The van der Waals surface area contributed by atoms with Gasteiger partial charge >= 0.3 is 127 Å². The average Bonchev–Trinajstić information content (AvgIpc) is 3.08. The van der Waals surface area contributed by atoms with E-state index >= 15 is 0 Å². The van der Waals surface area contributed by atoms with E-state index in [1.165, 1.54) is 32.1 Å². The number of benzene rings is 1. The summed E-state index contributed by atoms with van der Waals surface area (Å²) in [5, 5.41) is 0. The van der Waals surface area contributed by atoms with Crippen molar-refractivity contribution in [3.63, 3.8) is 0 Å². The fourth-order valence-electron chi connectivity index (χ4n) is 3.67. The van der Waals surface area contributed by atoms with Gasteiger partial charge in [-0.05, 0) is 0 Å². The molecule has 108 valence electrons. The zero-order chi connectivity index (χ0) is 12.7. The van der Waals surface area contributed by atoms with Gasteiger partial charge < -0.3 is 24.8 Å². The van der Waals surface area contributed by atoms with Crippen LogP contribution in [-0.4, -0.2) is 0 Å². The van der Waals surface area contributed by atoms with E-state index < -0.39 is 22.9 Å². The Morgan fingerprint density at radius 1 is 1.00 bits per heavy atom. The van der Waals surface area contributed by atoms with Crippen molar-refractivity contribution in [1.82, 2.24) is 0 Å². The van der Waals surface area contributed by atoms with Crippen molar-refractivity contribution in [3.05, 3.63) is 62.5 Å². The molecule has 0 amide bonds. The van der Waals surface area contributed by atoms with Crippen LogP contribution in [0.2, 0.25) is 0 Å². The van der Waals surface area contributed by atoms with Gasteiger partial charge in [-0.25, -0.2) is 0 Å². The summed E-state index contributed by atoms with van der Waals surface area (Å²) in [4.78, 5) is 0. The third-order valence-electron chi connectivity index (χ3n) is 4.56. The van der Waals surface area contributed by atoms with Gasteiger partial charge in [0, 0.05) is 0 Å². The third kappa shape index (κ3) is 3.16. The molecule has 0 nitrogen and oxygen atoms in total. The molecule has 1 aromatic rings. The second kappa shape index (κ2) is 7.44. The molecule has 3 heteroatoms. The molecule has 0 saturated carbocycles. The molecule has 1 atom stereocenters. The van der Waals surface area contributed by atoms with Gasteiger partial charge in [0.05, 0.1) is 0 Å². The number of halogens is 2. The number of allylic oxidation sites excluding steroid dienone is 6. The van der Waals surface area contributed by atoms with Crippen LogP contribution in [-0.2, 0) is 22.9 Å². The van der Waals surface area contributed by atoms with E-state index in [4.69, 9.17) is 0 Å². The van der Waals surface area contributed by atoms with Crippen LogP contribution < -0.4 is 24.8 Å². The van der Waals surface area contributed by atoms with Crippen LogP contribution in [0.5, 0.6) is 0 Å². The van der Waals surface area contributed by atoms with Crippen LogP contribution in [0.1, 0.15) is 46.9 Å². The second-order valence-electron chi connectivity index (χ2n) is 5.70. The molecule has 0 bridgehead atoms. The Bertz CT molecular complexity index is 613. The van der Waals surface area contributed by atoms with E-state index in [0.717, 1.165) is 3.67 Å². The fourth-order valence-corrected chi connectivity index (χ4v) is 9.77. The monoisotopic (exact) mass is 484 g/mol. The summed E-state index contributed by atoms with van der Waals surface area (Å²) in [5.41, 5.74) is 6.89. The minimum Gasteiger partial charge on any atom is -1.00 e. The predicted octanol–water partition coefficient (Wildman–Crippen LogP) is -0.997. The molecular formula is C18H18Cl2Hf. The molecule has 0 N–H and O–H groups in total. The molecule has 3 aliphatic carbocycles. The van der Waals surface area contributed by atoms with Crippen LogP contribution in [0.4, 0.5) is 0 Å². The summed E-state index contributed by atoms with van der Waals surface area (Å²) in [5.74, 6) is 0. The first-order valence-corrected chi connectivity index (χ1v) is 11.2. The number of hydrogen-bond acceptors (Lipinski definition) is 0. The molecule has 1 unspecified atom stereocenters. The van der Waals surface area contributed by atoms with Gasteiger partial charge in [0.1, 0.15) is 0 Å². The van der Waals surface area contributed by atoms with E-state index in [0.29, 0.717) is 0 Å². The molecule has 0 aliphatic heterocycles. The Morgan fingerprint density at radius 3 is 2.62 bits per heavy atom. The van der Waals surface area contributed by atoms with Crippen LogP contribution in [0.15, 0.2) is 51.4 Å². The molecule has 3 aliphatic rings. The number of hydrogen-bond donors (Lipinski definition) is 0. The van der Waals surface area contributed by atoms with Gasteiger partial charge in [0.25, 0.3) is 0 Å². The quantitative estimate of drug-likeness (QED) is 0.474. The molecule has 0 spiro atoms. The van der Waals surface area contributed by atoms with Crippen molar-refractivity contribution in [2.75, 3.05) is 0 Å². The maximum atomic E-state index is 2.41. The van der Waals surface area contributed by atoms with E-state index in [-0.39, 0.29) is 24.8 Å². The van der Waals surface area contributed by atoms with E-state index in [1.807, 2.05) is 5.57 Å². The molecular weight excluding hydrogens is 466 g/mol. The molecule has 4 rings (SSSR count). The molecule has 0 radical (unpaired) electrons. The van der Waals surface area contributed by atoms with Gasteiger partial charge in [-0.1, -0.05) is 0 Å². The smallest absolute Gasteiger partial charge is 1.00 e. The van der Waals surface area contributed by atoms with Crippen molar-refractivity contribution in [1.29, 1.82) is 0 Å². The third-order valence-corrected chi connectivity index (χ3v) is 10.6. The summed E-state index contributed by atoms with van der Waals surface area (Å²) in [6, 6.07) is 9.26. The van der Waals surface area contributed by atoms with Gasteiger partial charge in [-0.15, -0.1) is 0 Å². The second-order valence-corrected chi connectivity index (χ2v) is 11.1. The van der Waals surface area contributed by atoms with Gasteiger partial charge in [-0.2, -0.15) is 0 Å². The first kappa shape index (κ1) is 17.2. The summed E-state index contributed by atoms with van der Waals surface area (Å²) < 4.78 is 2.68. The maximum absolute atomic E-state index is 2.41. The molecule has 1 aromatic carbocycles. The Kier molecular flexibility index (Phi) is 6.11. The van der Waals surface area contributed by atoms with Crippen molar-refractivity contribution < 1.29 is 47.7 Å². The molecule has 0 aromatic heterocycles. The van der Waals surface area contributed by atoms with E-state index in [2.05, 4.69) is 42.5 Å². The predicted molar refractivity (Wildman–Crippen MR) is 76.4 cm³/mol. The molecule has 0 fully saturated rings. The van der Waals surface area contributed by atoms with Gasteiger partial charge in [-0.3, -0.25) is 0 Å². The van der Waals surface area contributed by atoms with Crippen molar-refractivity contribution in [3.8, 4) is 0 Å². The normalized spacial score (nSPS) is 21.7. The van der Waals surface area contributed by atoms with Crippen molar-refractivity contribution in [2.24, 2.45) is 0 Å². The SMILES string of the molecule is C1=CC[C]([Hf+2][CH]2C3=C(CCCC3)c3ccccc32)=C1.[Cl-].[Cl-]. The standard InChI is InChI=1S/C13H13.C5H5.2ClH.Hf/c1-3-7-12-10(5-1)9-11-6-2-4-8-13(11)12;1-2-4-5-3-1;;;/h1,3,5,7,9H,2,4,6,8H2;1-3H,4H2;2*1H;/q;;;;+2/p-2. The summed E-state index contributed by atoms with van der Waals surface area (Å²) in [7, 11) is 0. The Labute approximate surface area is 151 Å². The number of rotatable bonds is 2. The minimum absolute atomic E-state index is 0. The van der Waals surface area contributed by atoms with E-state index in [1.54, 1.807) is 20.0 Å². The summed E-state index contributed by atoms with van der Waals surface area (Å²) in [6.07, 6.45) is 13.8. The van der Waals surface area contributed by atoms with Crippen LogP contribution >= 0.6 is 0 Å². The summed E-state index contributed by atoms with van der Waals surface area (Å²) in [6.45, 7) is 0. The molecule has 0 saturated heterocycles. The molecule has 0 heterocycles. The van der Waals surface area contributed by atoms with Crippen LogP contribution in [0.3, 0.4) is 0 Å². The van der Waals surface area contributed by atoms with Crippen LogP contribution in [0.25, 0.3) is 5.57 Å². The summed E-state index contributed by atoms with van der Waals surface area (Å²) >= 11 is -0.733. The Hall–Kier alpha value is -0.110.